The molecular formula is C16H23ClN2O. The molecule has 1 aromatic rings. The van der Waals surface area contributed by atoms with Crippen LogP contribution in [0.15, 0.2) is 18.2 Å². The van der Waals surface area contributed by atoms with Crippen LogP contribution in [0.1, 0.15) is 38.2 Å². The van der Waals surface area contributed by atoms with Crippen molar-refractivity contribution in [2.24, 2.45) is 5.41 Å². The summed E-state index contributed by atoms with van der Waals surface area (Å²) in [6, 6.07) is 5.52. The van der Waals surface area contributed by atoms with Gasteiger partial charge in [-0.1, -0.05) is 37.4 Å². The number of nitrogens with one attached hydrogen (secondary N) is 2. The van der Waals surface area contributed by atoms with Crippen LogP contribution in [0.4, 0.5) is 5.69 Å². The van der Waals surface area contributed by atoms with Gasteiger partial charge in [-0.15, -0.1) is 0 Å². The zero-order valence-corrected chi connectivity index (χ0v) is 13.0. The molecule has 1 aromatic carbocycles. The van der Waals surface area contributed by atoms with Crippen molar-refractivity contribution >= 4 is 23.2 Å². The normalized spacial score (nSPS) is 17.1. The summed E-state index contributed by atoms with van der Waals surface area (Å²) in [5, 5.41) is 6.82. The van der Waals surface area contributed by atoms with E-state index in [2.05, 4.69) is 17.6 Å². The van der Waals surface area contributed by atoms with Gasteiger partial charge in [-0.2, -0.15) is 0 Å². The van der Waals surface area contributed by atoms with Crippen molar-refractivity contribution in [2.45, 2.75) is 39.5 Å². The molecule has 0 unspecified atom stereocenters. The first-order chi connectivity index (χ1) is 9.48. The second kappa shape index (κ2) is 6.59. The Bertz CT molecular complexity index is 481. The van der Waals surface area contributed by atoms with Crippen molar-refractivity contribution in [3.8, 4) is 0 Å². The van der Waals surface area contributed by atoms with Gasteiger partial charge < -0.3 is 10.6 Å². The van der Waals surface area contributed by atoms with Gasteiger partial charge in [-0.25, -0.2) is 0 Å². The number of hydrogen-bond acceptors (Lipinski definition) is 2. The van der Waals surface area contributed by atoms with Crippen molar-refractivity contribution in [3.63, 3.8) is 0 Å². The number of anilines is 1. The molecule has 1 aliphatic carbocycles. The third kappa shape index (κ3) is 4.22. The molecule has 0 aliphatic heterocycles. The average Bonchev–Trinajstić information content (AvgIpc) is 2.81. The van der Waals surface area contributed by atoms with Gasteiger partial charge in [0.1, 0.15) is 0 Å². The minimum absolute atomic E-state index is 0.0167. The summed E-state index contributed by atoms with van der Waals surface area (Å²) in [7, 11) is 0. The Morgan fingerprint density at radius 3 is 2.75 bits per heavy atom. The molecule has 1 amide bonds. The number of rotatable bonds is 5. The van der Waals surface area contributed by atoms with E-state index in [0.29, 0.717) is 17.0 Å². The van der Waals surface area contributed by atoms with Gasteiger partial charge in [0.2, 0.25) is 5.91 Å². The standard InChI is InChI=1S/C16H23ClN2O/c1-12-5-6-13(17)9-14(12)19-15(20)10-18-11-16(2)7-3-4-8-16/h5-6,9,18H,3-4,7-8,10-11H2,1-2H3,(H,19,20). The average molecular weight is 295 g/mol. The molecular weight excluding hydrogens is 272 g/mol. The fourth-order valence-corrected chi connectivity index (χ4v) is 2.98. The molecule has 0 spiro atoms. The number of hydrogen-bond donors (Lipinski definition) is 2. The van der Waals surface area contributed by atoms with E-state index in [0.717, 1.165) is 17.8 Å². The van der Waals surface area contributed by atoms with E-state index < -0.39 is 0 Å². The van der Waals surface area contributed by atoms with Crippen LogP contribution in [0.2, 0.25) is 5.02 Å². The highest BCUT2D eigenvalue weighted by Gasteiger charge is 2.28. The van der Waals surface area contributed by atoms with Crippen molar-refractivity contribution in [1.29, 1.82) is 0 Å². The third-order valence-electron chi connectivity index (χ3n) is 4.12. The van der Waals surface area contributed by atoms with Gasteiger partial charge in [0.25, 0.3) is 0 Å². The zero-order valence-electron chi connectivity index (χ0n) is 12.3. The van der Waals surface area contributed by atoms with Gasteiger partial charge in [0.15, 0.2) is 0 Å². The summed E-state index contributed by atoms with van der Waals surface area (Å²) in [6.07, 6.45) is 5.14. The molecule has 0 bridgehead atoms. The molecule has 1 aliphatic rings. The molecule has 0 heterocycles. The molecule has 4 heteroatoms. The van der Waals surface area contributed by atoms with Gasteiger partial charge in [0.05, 0.1) is 6.54 Å². The molecule has 2 N–H and O–H groups in total. The fraction of sp³-hybridized carbons (Fsp3) is 0.562. The number of carbonyl (C=O) groups excluding carboxylic acids is 1. The Kier molecular flexibility index (Phi) is 5.06. The molecule has 0 aromatic heterocycles. The topological polar surface area (TPSA) is 41.1 Å². The number of benzene rings is 1. The Morgan fingerprint density at radius 2 is 2.05 bits per heavy atom. The summed E-state index contributed by atoms with van der Waals surface area (Å²) >= 11 is 5.94. The van der Waals surface area contributed by atoms with Crippen molar-refractivity contribution in [2.75, 3.05) is 18.4 Å². The largest absolute Gasteiger partial charge is 0.325 e. The van der Waals surface area contributed by atoms with E-state index in [9.17, 15) is 4.79 Å². The van der Waals surface area contributed by atoms with Crippen molar-refractivity contribution in [1.82, 2.24) is 5.32 Å². The Hall–Kier alpha value is -1.06. The fourth-order valence-electron chi connectivity index (χ4n) is 2.81. The SMILES string of the molecule is Cc1ccc(Cl)cc1NC(=O)CNCC1(C)CCCC1. The molecule has 1 fully saturated rings. The second-order valence-corrected chi connectivity index (χ2v) is 6.57. The van der Waals surface area contributed by atoms with E-state index >= 15 is 0 Å². The van der Waals surface area contributed by atoms with E-state index in [1.54, 1.807) is 6.07 Å². The molecule has 3 nitrogen and oxygen atoms in total. The van der Waals surface area contributed by atoms with Gasteiger partial charge in [-0.05, 0) is 42.9 Å². The highest BCUT2D eigenvalue weighted by Crippen LogP contribution is 2.36. The van der Waals surface area contributed by atoms with E-state index in [1.807, 2.05) is 19.1 Å². The maximum Gasteiger partial charge on any atom is 0.238 e. The van der Waals surface area contributed by atoms with Crippen LogP contribution in [0.25, 0.3) is 0 Å². The van der Waals surface area contributed by atoms with Gasteiger partial charge >= 0.3 is 0 Å². The zero-order chi connectivity index (χ0) is 14.6. The molecule has 1 saturated carbocycles. The third-order valence-corrected chi connectivity index (χ3v) is 4.36. The maximum atomic E-state index is 11.9. The van der Waals surface area contributed by atoms with E-state index in [4.69, 9.17) is 11.6 Å². The predicted molar refractivity (Wildman–Crippen MR) is 84.3 cm³/mol. The minimum Gasteiger partial charge on any atom is -0.325 e. The predicted octanol–water partition coefficient (Wildman–Crippen LogP) is 3.76. The van der Waals surface area contributed by atoms with Crippen LogP contribution in [0.3, 0.4) is 0 Å². The summed E-state index contributed by atoms with van der Waals surface area (Å²) in [4.78, 5) is 11.9. The summed E-state index contributed by atoms with van der Waals surface area (Å²) in [5.74, 6) is -0.0167. The number of amides is 1. The summed E-state index contributed by atoms with van der Waals surface area (Å²) in [6.45, 7) is 5.52. The maximum absolute atomic E-state index is 11.9. The molecule has 0 radical (unpaired) electrons. The molecule has 20 heavy (non-hydrogen) atoms. The van der Waals surface area contributed by atoms with Crippen LogP contribution in [-0.4, -0.2) is 19.0 Å². The monoisotopic (exact) mass is 294 g/mol. The van der Waals surface area contributed by atoms with Gasteiger partial charge in [0, 0.05) is 17.3 Å². The first kappa shape index (κ1) is 15.3. The minimum atomic E-state index is -0.0167. The van der Waals surface area contributed by atoms with Crippen LogP contribution < -0.4 is 10.6 Å². The van der Waals surface area contributed by atoms with Crippen LogP contribution in [0, 0.1) is 12.3 Å². The quantitative estimate of drug-likeness (QED) is 0.868. The first-order valence-electron chi connectivity index (χ1n) is 7.25. The van der Waals surface area contributed by atoms with Gasteiger partial charge in [-0.3, -0.25) is 4.79 Å². The number of halogens is 1. The Labute approximate surface area is 126 Å². The summed E-state index contributed by atoms with van der Waals surface area (Å²) in [5.41, 5.74) is 2.17. The highest BCUT2D eigenvalue weighted by molar-refractivity contribution is 6.31. The van der Waals surface area contributed by atoms with Crippen molar-refractivity contribution < 1.29 is 4.79 Å². The first-order valence-corrected chi connectivity index (χ1v) is 7.63. The lowest BCUT2D eigenvalue weighted by atomic mass is 9.89. The van der Waals surface area contributed by atoms with Crippen molar-refractivity contribution in [3.05, 3.63) is 28.8 Å². The van der Waals surface area contributed by atoms with E-state index in [-0.39, 0.29) is 5.91 Å². The molecule has 110 valence electrons. The number of carbonyl (C=O) groups is 1. The highest BCUT2D eigenvalue weighted by atomic mass is 35.5. The molecule has 2 rings (SSSR count). The smallest absolute Gasteiger partial charge is 0.238 e. The van der Waals surface area contributed by atoms with Crippen LogP contribution >= 0.6 is 11.6 Å². The van der Waals surface area contributed by atoms with Crippen LogP contribution in [0.5, 0.6) is 0 Å². The van der Waals surface area contributed by atoms with Crippen LogP contribution in [-0.2, 0) is 4.79 Å². The Morgan fingerprint density at radius 1 is 1.35 bits per heavy atom. The molecule has 0 atom stereocenters. The Balaban J connectivity index is 1.79. The molecule has 0 saturated heterocycles. The lowest BCUT2D eigenvalue weighted by Crippen LogP contribution is -2.35. The van der Waals surface area contributed by atoms with E-state index in [1.165, 1.54) is 25.7 Å². The lowest BCUT2D eigenvalue weighted by Gasteiger charge is -2.23. The lowest BCUT2D eigenvalue weighted by molar-refractivity contribution is -0.115. The second-order valence-electron chi connectivity index (χ2n) is 6.13. The summed E-state index contributed by atoms with van der Waals surface area (Å²) < 4.78 is 0. The number of aryl methyl sites for hydroxylation is 1.